The highest BCUT2D eigenvalue weighted by Gasteiger charge is 2.60. The van der Waals surface area contributed by atoms with Crippen LogP contribution >= 0.6 is 0 Å². The number of ether oxygens (including phenoxy) is 3. The number of esters is 1. The number of allylic oxidation sites excluding steroid dienone is 4. The summed E-state index contributed by atoms with van der Waals surface area (Å²) in [5, 5.41) is 17.2. The van der Waals surface area contributed by atoms with E-state index in [-0.39, 0.29) is 135 Å². The van der Waals surface area contributed by atoms with Gasteiger partial charge in [-0.3, -0.25) is 48.2 Å². The Balaban J connectivity index is 0.000000315. The van der Waals surface area contributed by atoms with Crippen LogP contribution in [0.25, 0.3) is 0 Å². The number of fused-ring (bicyclic) bond motifs is 10. The normalized spacial score (nSPS) is 21.9. The third-order valence-electron chi connectivity index (χ3n) is 17.5. The fraction of sp³-hybridized carbons (Fsp3) is 0.758. The molecule has 0 radical (unpaired) electrons. The maximum absolute atomic E-state index is 12.8. The summed E-state index contributed by atoms with van der Waals surface area (Å²) >= 11 is 0. The van der Waals surface area contributed by atoms with Crippen molar-refractivity contribution >= 4 is 64.0 Å². The molecule has 488 valence electrons. The second-order valence-corrected chi connectivity index (χ2v) is 33.8. The van der Waals surface area contributed by atoms with Crippen LogP contribution in [0, 0.1) is 72.0 Å². The predicted molar refractivity (Wildman–Crippen MR) is 338 cm³/mol. The van der Waals surface area contributed by atoms with Crippen molar-refractivity contribution in [3.63, 3.8) is 0 Å². The van der Waals surface area contributed by atoms with E-state index in [9.17, 15) is 38.4 Å². The van der Waals surface area contributed by atoms with Crippen LogP contribution < -0.4 is 0 Å². The van der Waals surface area contributed by atoms with Gasteiger partial charge in [-0.25, -0.2) is 0 Å². The molecule has 4 aliphatic carbocycles. The fourth-order valence-corrected chi connectivity index (χ4v) is 16.3. The van der Waals surface area contributed by atoms with Gasteiger partial charge in [0.05, 0.1) is 69.4 Å². The van der Waals surface area contributed by atoms with E-state index in [1.165, 1.54) is 21.1 Å². The molecule has 2 N–H and O–H groups in total. The highest BCUT2D eigenvalue weighted by molar-refractivity contribution is 6.71. The van der Waals surface area contributed by atoms with Gasteiger partial charge in [-0.15, -0.1) is 12.8 Å². The van der Waals surface area contributed by atoms with Gasteiger partial charge in [-0.1, -0.05) is 88.5 Å². The molecule has 87 heavy (non-hydrogen) atoms. The van der Waals surface area contributed by atoms with Gasteiger partial charge in [-0.2, -0.15) is 0 Å². The van der Waals surface area contributed by atoms with Gasteiger partial charge in [0.2, 0.25) is 35.4 Å². The molecule has 0 aromatic carbocycles. The van der Waals surface area contributed by atoms with Crippen LogP contribution in [0.2, 0.25) is 38.3 Å². The molecule has 2 heterocycles. The average Bonchev–Trinajstić information content (AvgIpc) is 2.73. The van der Waals surface area contributed by atoms with Gasteiger partial charge < -0.3 is 43.1 Å². The van der Waals surface area contributed by atoms with Crippen LogP contribution in [-0.4, -0.2) is 186 Å². The van der Waals surface area contributed by atoms with E-state index >= 15 is 0 Å². The van der Waals surface area contributed by atoms with E-state index < -0.39 is 28.6 Å². The molecule has 0 aromatic heterocycles. The van der Waals surface area contributed by atoms with E-state index in [2.05, 4.69) is 76.2 Å². The maximum Gasteiger partial charge on any atom is 0.306 e. The largest absolute Gasteiger partial charge is 0.481 e. The summed E-state index contributed by atoms with van der Waals surface area (Å²) in [7, 11) is -3.08. The summed E-state index contributed by atoms with van der Waals surface area (Å²) < 4.78 is 28.0. The highest BCUT2D eigenvalue weighted by Crippen LogP contribution is 2.53. The number of nitrogens with zero attached hydrogens (tertiary/aromatic N) is 4. The van der Waals surface area contributed by atoms with Crippen LogP contribution in [0.4, 0.5) is 0 Å². The third kappa shape index (κ3) is 25.1. The predicted octanol–water partition coefficient (Wildman–Crippen LogP) is 8.66. The minimum absolute atomic E-state index is 0.000993. The number of imide groups is 2. The minimum Gasteiger partial charge on any atom is -0.481 e. The number of amides is 6. The van der Waals surface area contributed by atoms with Crippen molar-refractivity contribution in [2.75, 3.05) is 92.1 Å². The molecular formula is C66H106N4O15Si2. The summed E-state index contributed by atoms with van der Waals surface area (Å²) in [5.74, 6) is 3.57. The zero-order chi connectivity index (χ0) is 63.8. The van der Waals surface area contributed by atoms with Gasteiger partial charge >= 0.3 is 11.9 Å². The number of carbonyl (C=O) groups excluding carboxylic acids is 7. The molecule has 0 spiro atoms. The molecule has 19 nitrogen and oxygen atoms in total. The lowest BCUT2D eigenvalue weighted by molar-refractivity contribution is -0.147. The first-order valence-corrected chi connectivity index (χ1v) is 38.9. The molecule has 2 aliphatic heterocycles. The molecule has 4 fully saturated rings. The molecule has 21 heteroatoms. The number of hydrogen-bond donors (Lipinski definition) is 2. The molecule has 6 amide bonds. The van der Waals surface area contributed by atoms with E-state index in [0.717, 1.165) is 128 Å². The van der Waals surface area contributed by atoms with Crippen LogP contribution in [0.5, 0.6) is 0 Å². The highest BCUT2D eigenvalue weighted by atomic mass is 28.4. The van der Waals surface area contributed by atoms with Crippen molar-refractivity contribution in [3.05, 3.63) is 24.3 Å². The Morgan fingerprint density at radius 1 is 0.529 bits per heavy atom. The fourth-order valence-electron chi connectivity index (χ4n) is 12.6. The number of aliphatic hydroxyl groups excluding tert-OH is 1. The van der Waals surface area contributed by atoms with Crippen molar-refractivity contribution in [1.29, 1.82) is 0 Å². The van der Waals surface area contributed by atoms with Crippen LogP contribution in [0.1, 0.15) is 142 Å². The monoisotopic (exact) mass is 1250 g/mol. The Labute approximate surface area is 522 Å². The first-order valence-electron chi connectivity index (χ1n) is 32.7. The second kappa shape index (κ2) is 39.9. The average molecular weight is 1250 g/mol. The summed E-state index contributed by atoms with van der Waals surface area (Å²) in [4.78, 5) is 104. The number of hydrogen-bond acceptors (Lipinski definition) is 14. The zero-order valence-electron chi connectivity index (χ0n) is 53.5. The summed E-state index contributed by atoms with van der Waals surface area (Å²) in [6.07, 6.45) is 33.9. The number of carbonyl (C=O) groups is 8. The van der Waals surface area contributed by atoms with Gasteiger partial charge in [0, 0.05) is 65.4 Å². The Morgan fingerprint density at radius 3 is 1.30 bits per heavy atom. The number of likely N-dealkylation sites (tertiary alicyclic amines) is 2. The number of carboxylic acids is 1. The van der Waals surface area contributed by atoms with Gasteiger partial charge in [0.1, 0.15) is 6.61 Å². The Morgan fingerprint density at radius 2 is 0.920 bits per heavy atom. The molecule has 2 saturated heterocycles. The first kappa shape index (κ1) is 74.5. The van der Waals surface area contributed by atoms with Crippen molar-refractivity contribution in [2.45, 2.75) is 181 Å². The van der Waals surface area contributed by atoms with E-state index in [0.29, 0.717) is 46.0 Å². The third-order valence-corrected chi connectivity index (χ3v) is 22.5. The maximum atomic E-state index is 12.8. The van der Waals surface area contributed by atoms with Crippen LogP contribution in [0.3, 0.4) is 0 Å². The molecule has 2 unspecified atom stereocenters. The molecule has 4 bridgehead atoms. The molecule has 2 saturated carbocycles. The van der Waals surface area contributed by atoms with Crippen LogP contribution in [0.15, 0.2) is 24.3 Å². The molecule has 0 aromatic rings. The van der Waals surface area contributed by atoms with Crippen molar-refractivity contribution in [3.8, 4) is 24.7 Å². The Kier molecular flexibility index (Phi) is 34.1. The lowest BCUT2D eigenvalue weighted by Crippen LogP contribution is -2.34. The van der Waals surface area contributed by atoms with E-state index in [4.69, 9.17) is 46.1 Å². The Hall–Kier alpha value is -5.01. The number of carboxylic acid groups (broad SMARTS) is 1. The first-order chi connectivity index (χ1) is 41.7. The number of aliphatic hydroxyl groups is 1. The van der Waals surface area contributed by atoms with Gasteiger partial charge in [-0.05, 0) is 126 Å². The topological polar surface area (TPSA) is 236 Å². The van der Waals surface area contributed by atoms with E-state index in [1.54, 1.807) is 4.90 Å². The molecule has 6 rings (SSSR count). The van der Waals surface area contributed by atoms with Gasteiger partial charge in [0.25, 0.3) is 0 Å². The molecule has 6 aliphatic rings. The molecule has 8 atom stereocenters. The van der Waals surface area contributed by atoms with E-state index in [1.807, 2.05) is 0 Å². The minimum atomic E-state index is -1.63. The number of aliphatic carboxylic acids is 1. The SMILES string of the molecule is C#CCN(CCCCCCN1C(=O)C2[C@@H](C1=O)[C@@H]1C=C[C@H]2C1)C(=O)CCC(=O)O.C#CCN(CCCCCCN1C(=O)C2[C@@H](C1=O)[C@@H]1C=C[C@H]2C1)C(=O)CCC(=O)OCCOCCC[Si](C)(C)OCCCC.CCCCO[Si](C)(C)CCCOCCO. The summed E-state index contributed by atoms with van der Waals surface area (Å²) in [6, 6.07) is 2.18. The summed E-state index contributed by atoms with van der Waals surface area (Å²) in [6.45, 7) is 19.8. The van der Waals surface area contributed by atoms with Gasteiger partial charge in [0.15, 0.2) is 16.6 Å². The standard InChI is InChI=1S/C33H52N2O7Si.C22H28N2O5.C11H26O3Si/c1-5-7-21-42-43(3,4)24-12-20-40-22-23-41-29(37)16-15-28(36)34(17-6-2)18-10-8-9-11-19-35-32(38)30-26-13-14-27(25-26)31(30)33(35)39;1-2-11-23(17(25)9-10-18(26)27)12-5-3-4-6-13-24-21(28)19-15-7-8-16(14-15)20(19)22(24)29;1-4-5-9-14-15(2,3)11-6-8-13-10-7-12/h2,13-14,26-27,30-31H,5,7-12,15-25H2,1,3-4H3;1,7-8,15-16,19-20H,3-6,9-14H2,(H,26,27);12H,4-11H2,1-3H3/t26-,27+,30+,31?;15-,16+,19+,20?;/m11./s1. The van der Waals surface area contributed by atoms with Crippen molar-refractivity contribution in [2.24, 2.45) is 47.3 Å². The van der Waals surface area contributed by atoms with Crippen LogP contribution in [-0.2, 0) is 61.4 Å². The second-order valence-electron chi connectivity index (χ2n) is 25.2. The number of unbranched alkanes of at least 4 members (excludes halogenated alkanes) is 8. The lowest BCUT2D eigenvalue weighted by atomic mass is 9.85. The number of rotatable bonds is 43. The molecular weight excluding hydrogens is 1140 g/mol. The van der Waals surface area contributed by atoms with Crippen molar-refractivity contribution < 1.29 is 71.6 Å². The zero-order valence-corrected chi connectivity index (χ0v) is 55.5. The lowest BCUT2D eigenvalue weighted by Gasteiger charge is -2.22. The van der Waals surface area contributed by atoms with Crippen molar-refractivity contribution in [1.82, 2.24) is 19.6 Å². The quantitative estimate of drug-likeness (QED) is 0.0145. The summed E-state index contributed by atoms with van der Waals surface area (Å²) in [5.41, 5.74) is 0. The smallest absolute Gasteiger partial charge is 0.306 e. The Bertz CT molecular complexity index is 2290. The number of terminal acetylenes is 2.